The monoisotopic (exact) mass is 446 g/mol. The van der Waals surface area contributed by atoms with E-state index in [1.54, 1.807) is 12.1 Å². The molecule has 3 heterocycles. The molecule has 5 nitrogen and oxygen atoms in total. The van der Waals surface area contributed by atoms with Crippen LogP contribution >= 0.6 is 0 Å². The Morgan fingerprint density at radius 1 is 1.06 bits per heavy atom. The van der Waals surface area contributed by atoms with E-state index in [4.69, 9.17) is 4.74 Å². The Kier molecular flexibility index (Phi) is 5.84. The van der Waals surface area contributed by atoms with E-state index in [1.807, 2.05) is 0 Å². The minimum absolute atomic E-state index is 0.104. The van der Waals surface area contributed by atoms with Gasteiger partial charge < -0.3 is 15.0 Å². The van der Waals surface area contributed by atoms with E-state index in [-0.39, 0.29) is 11.3 Å². The number of benzene rings is 1. The van der Waals surface area contributed by atoms with Gasteiger partial charge in [-0.15, -0.1) is 10.2 Å². The molecule has 172 valence electrons. The molecule has 3 atom stereocenters. The second-order valence-electron chi connectivity index (χ2n) is 10.0. The molecule has 1 N–H and O–H groups in total. The lowest BCUT2D eigenvalue weighted by atomic mass is 9.82. The summed E-state index contributed by atoms with van der Waals surface area (Å²) in [4.78, 5) is 2.64. The first-order valence-electron chi connectivity index (χ1n) is 11.4. The van der Waals surface area contributed by atoms with Gasteiger partial charge in [-0.25, -0.2) is 13.2 Å². The van der Waals surface area contributed by atoms with Gasteiger partial charge in [0.05, 0.1) is 5.69 Å². The maximum absolute atomic E-state index is 14.0. The molecule has 1 aromatic heterocycles. The molecule has 0 radical (unpaired) electrons. The van der Waals surface area contributed by atoms with Crippen LogP contribution in [0.2, 0.25) is 0 Å². The maximum Gasteiger partial charge on any atom is 0.168 e. The lowest BCUT2D eigenvalue weighted by Gasteiger charge is -2.37. The average molecular weight is 447 g/mol. The van der Waals surface area contributed by atoms with Crippen molar-refractivity contribution >= 4 is 5.82 Å². The minimum Gasteiger partial charge on any atom is -0.381 e. The number of rotatable bonds is 5. The largest absolute Gasteiger partial charge is 0.381 e. The van der Waals surface area contributed by atoms with Crippen molar-refractivity contribution < 1.29 is 17.9 Å². The summed E-state index contributed by atoms with van der Waals surface area (Å²) in [6.45, 7) is 7.60. The predicted molar refractivity (Wildman–Crippen MR) is 116 cm³/mol. The Bertz CT molecular complexity index is 950. The fourth-order valence-corrected chi connectivity index (χ4v) is 5.71. The summed E-state index contributed by atoms with van der Waals surface area (Å²) in [6, 6.07) is 5.01. The molecule has 3 fully saturated rings. The van der Waals surface area contributed by atoms with Crippen molar-refractivity contribution in [3.05, 3.63) is 41.7 Å². The number of ether oxygens (including phenoxy) is 1. The quantitative estimate of drug-likeness (QED) is 0.686. The fourth-order valence-electron chi connectivity index (χ4n) is 5.71. The highest BCUT2D eigenvalue weighted by molar-refractivity contribution is 5.60. The van der Waals surface area contributed by atoms with Crippen molar-refractivity contribution in [3.8, 4) is 11.3 Å². The van der Waals surface area contributed by atoms with Crippen LogP contribution in [0.3, 0.4) is 0 Å². The summed E-state index contributed by atoms with van der Waals surface area (Å²) < 4.78 is 46.5. The van der Waals surface area contributed by atoms with Crippen LogP contribution in [0.25, 0.3) is 11.3 Å². The highest BCUT2D eigenvalue weighted by atomic mass is 19.2. The molecule has 1 aliphatic carbocycles. The van der Waals surface area contributed by atoms with Crippen LogP contribution in [0, 0.1) is 34.7 Å². The third kappa shape index (κ3) is 4.48. The van der Waals surface area contributed by atoms with E-state index >= 15 is 0 Å². The molecule has 0 unspecified atom stereocenters. The third-order valence-corrected chi connectivity index (χ3v) is 7.42. The molecule has 2 aliphatic heterocycles. The van der Waals surface area contributed by atoms with Gasteiger partial charge in [-0.2, -0.15) is 0 Å². The summed E-state index contributed by atoms with van der Waals surface area (Å²) in [5, 5.41) is 11.5. The molecule has 32 heavy (non-hydrogen) atoms. The number of aromatic nitrogens is 2. The zero-order valence-corrected chi connectivity index (χ0v) is 18.3. The minimum atomic E-state index is -1.23. The van der Waals surface area contributed by atoms with Crippen molar-refractivity contribution in [2.45, 2.75) is 38.6 Å². The van der Waals surface area contributed by atoms with Gasteiger partial charge in [0.15, 0.2) is 11.6 Å². The van der Waals surface area contributed by atoms with E-state index in [2.05, 4.69) is 27.3 Å². The number of hydrogen-bond acceptors (Lipinski definition) is 5. The number of nitrogens with zero attached hydrogens (tertiary/aromatic N) is 3. The highest BCUT2D eigenvalue weighted by Gasteiger charge is 2.42. The van der Waals surface area contributed by atoms with Gasteiger partial charge in [-0.1, -0.05) is 6.92 Å². The Hall–Kier alpha value is -2.19. The van der Waals surface area contributed by atoms with Crippen molar-refractivity contribution in [2.24, 2.45) is 17.3 Å². The Labute approximate surface area is 186 Å². The van der Waals surface area contributed by atoms with Crippen LogP contribution in [-0.4, -0.2) is 54.0 Å². The average Bonchev–Trinajstić information content (AvgIpc) is 3.29. The fraction of sp³-hybridized carbons (Fsp3) is 0.583. The van der Waals surface area contributed by atoms with Crippen molar-refractivity contribution in [2.75, 3.05) is 38.2 Å². The van der Waals surface area contributed by atoms with Crippen LogP contribution in [0.15, 0.2) is 24.3 Å². The van der Waals surface area contributed by atoms with Gasteiger partial charge in [-0.3, -0.25) is 0 Å². The molecule has 5 rings (SSSR count). The van der Waals surface area contributed by atoms with Crippen LogP contribution in [0.4, 0.5) is 19.0 Å². The number of hydrogen-bond donors (Lipinski definition) is 1. The van der Waals surface area contributed by atoms with Gasteiger partial charge in [-0.05, 0) is 61.1 Å². The highest BCUT2D eigenvalue weighted by Crippen LogP contribution is 2.41. The second-order valence-corrected chi connectivity index (χ2v) is 10.0. The molecule has 8 heteroatoms. The molecule has 2 saturated heterocycles. The number of halogens is 3. The summed E-state index contributed by atoms with van der Waals surface area (Å²) in [7, 11) is 0. The molecule has 0 bridgehead atoms. The van der Waals surface area contributed by atoms with Crippen LogP contribution in [0.5, 0.6) is 0 Å². The number of anilines is 1. The first-order chi connectivity index (χ1) is 15.4. The van der Waals surface area contributed by atoms with Crippen molar-refractivity contribution in [3.63, 3.8) is 0 Å². The Balaban J connectivity index is 1.16. The zero-order chi connectivity index (χ0) is 22.3. The topological polar surface area (TPSA) is 50.3 Å². The first-order valence-corrected chi connectivity index (χ1v) is 11.4. The molecular weight excluding hydrogens is 417 g/mol. The smallest absolute Gasteiger partial charge is 0.168 e. The predicted octanol–water partition coefficient (Wildman–Crippen LogP) is 4.50. The van der Waals surface area contributed by atoms with Crippen LogP contribution in [-0.2, 0) is 4.74 Å². The molecule has 3 aliphatic rings. The van der Waals surface area contributed by atoms with E-state index in [9.17, 15) is 13.2 Å². The van der Waals surface area contributed by atoms with Gasteiger partial charge in [0.25, 0.3) is 0 Å². The molecule has 0 amide bonds. The van der Waals surface area contributed by atoms with E-state index in [0.717, 1.165) is 64.6 Å². The van der Waals surface area contributed by atoms with E-state index in [1.165, 1.54) is 0 Å². The van der Waals surface area contributed by atoms with Gasteiger partial charge in [0.2, 0.25) is 0 Å². The number of fused-ring (bicyclic) bond motifs is 1. The van der Waals surface area contributed by atoms with Gasteiger partial charge >= 0.3 is 0 Å². The van der Waals surface area contributed by atoms with Crippen molar-refractivity contribution in [1.82, 2.24) is 15.1 Å². The maximum atomic E-state index is 14.0. The first kappa shape index (κ1) is 21.6. The number of nitrogens with one attached hydrogen (secondary N) is 1. The SMILES string of the molecule is CC1(CN2C[C@H]3C[C@H](Nc4ccc(-c5cc(F)cc(F)c5F)nn4)C[C@H]3C2)CCOCC1. The zero-order valence-electron chi connectivity index (χ0n) is 18.3. The Morgan fingerprint density at radius 3 is 2.44 bits per heavy atom. The van der Waals surface area contributed by atoms with E-state index < -0.39 is 17.5 Å². The summed E-state index contributed by atoms with van der Waals surface area (Å²) in [5.74, 6) is -1.23. The summed E-state index contributed by atoms with van der Waals surface area (Å²) in [5.41, 5.74) is 0.248. The van der Waals surface area contributed by atoms with E-state index in [0.29, 0.717) is 35.2 Å². The molecular formula is C24H29F3N4O. The molecule has 0 spiro atoms. The normalized spacial score (nSPS) is 27.4. The van der Waals surface area contributed by atoms with Crippen molar-refractivity contribution in [1.29, 1.82) is 0 Å². The van der Waals surface area contributed by atoms with Gasteiger partial charge in [0, 0.05) is 50.5 Å². The summed E-state index contributed by atoms with van der Waals surface area (Å²) in [6.07, 6.45) is 4.47. The summed E-state index contributed by atoms with van der Waals surface area (Å²) >= 11 is 0. The number of likely N-dealkylation sites (tertiary alicyclic amines) is 1. The molecule has 1 saturated carbocycles. The standard InChI is InChI=1S/C24H29F3N4O/c1-24(4-6-32-7-5-24)14-31-12-15-8-18(9-16(15)13-31)28-22-3-2-21(29-30-22)19-10-17(25)11-20(26)23(19)27/h2-3,10-11,15-16,18H,4-9,12-14H2,1H3,(H,28,30)/t15-,16+,18+. The van der Waals surface area contributed by atoms with Crippen LogP contribution < -0.4 is 5.32 Å². The van der Waals surface area contributed by atoms with Crippen LogP contribution in [0.1, 0.15) is 32.6 Å². The third-order valence-electron chi connectivity index (χ3n) is 7.42. The molecule has 1 aromatic carbocycles. The lowest BCUT2D eigenvalue weighted by molar-refractivity contribution is 0.00744. The second kappa shape index (κ2) is 8.63. The van der Waals surface area contributed by atoms with Gasteiger partial charge in [0.1, 0.15) is 11.6 Å². The lowest BCUT2D eigenvalue weighted by Crippen LogP contribution is -2.39. The Morgan fingerprint density at radius 2 is 1.78 bits per heavy atom. The molecule has 2 aromatic rings.